The summed E-state index contributed by atoms with van der Waals surface area (Å²) in [6, 6.07) is 9.04. The summed E-state index contributed by atoms with van der Waals surface area (Å²) in [4.78, 5) is 28.0. The number of rotatable bonds is 5. The van der Waals surface area contributed by atoms with Crippen LogP contribution in [0.2, 0.25) is 0 Å². The number of carbonyl (C=O) groups excluding carboxylic acids is 2. The molecule has 0 saturated heterocycles. The Morgan fingerprint density at radius 2 is 1.92 bits per heavy atom. The summed E-state index contributed by atoms with van der Waals surface area (Å²) in [5, 5.41) is 5.24. The highest BCUT2D eigenvalue weighted by Crippen LogP contribution is 2.19. The fourth-order valence-electron chi connectivity index (χ4n) is 2.18. The predicted octanol–water partition coefficient (Wildman–Crippen LogP) is 2.84. The Morgan fingerprint density at radius 3 is 2.52 bits per heavy atom. The molecule has 134 valence electrons. The predicted molar refractivity (Wildman–Crippen MR) is 92.1 cm³/mol. The van der Waals surface area contributed by atoms with Crippen LogP contribution in [-0.4, -0.2) is 29.6 Å². The third kappa shape index (κ3) is 5.63. The van der Waals surface area contributed by atoms with Gasteiger partial charge >= 0.3 is 6.09 Å². The Balaban J connectivity index is 2.21. The van der Waals surface area contributed by atoms with Crippen LogP contribution >= 0.6 is 0 Å². The van der Waals surface area contributed by atoms with Crippen molar-refractivity contribution in [2.45, 2.75) is 38.8 Å². The monoisotopic (exact) mass is 345 g/mol. The summed E-state index contributed by atoms with van der Waals surface area (Å²) >= 11 is 0. The van der Waals surface area contributed by atoms with E-state index >= 15 is 0 Å². The van der Waals surface area contributed by atoms with Crippen LogP contribution in [0.4, 0.5) is 4.79 Å². The lowest BCUT2D eigenvalue weighted by atomic mass is 10.1. The molecule has 2 aromatic rings. The normalized spacial score (nSPS) is 12.3. The zero-order valence-corrected chi connectivity index (χ0v) is 14.8. The van der Waals surface area contributed by atoms with Gasteiger partial charge < -0.3 is 19.8 Å². The van der Waals surface area contributed by atoms with Crippen LogP contribution in [0.15, 0.2) is 41.0 Å². The Hall–Kier alpha value is -2.83. The maximum absolute atomic E-state index is 12.1. The molecule has 1 aromatic heterocycles. The van der Waals surface area contributed by atoms with E-state index in [4.69, 9.17) is 9.15 Å². The SMILES string of the molecule is CNC(=O)c1coc([C@H](Cc2ccccc2)NC(=O)OC(C)(C)C)n1. The van der Waals surface area contributed by atoms with E-state index in [9.17, 15) is 9.59 Å². The lowest BCUT2D eigenvalue weighted by Crippen LogP contribution is -2.36. The number of nitrogens with zero attached hydrogens (tertiary/aromatic N) is 1. The molecule has 1 atom stereocenters. The van der Waals surface area contributed by atoms with E-state index in [0.29, 0.717) is 6.42 Å². The lowest BCUT2D eigenvalue weighted by molar-refractivity contribution is 0.0495. The molecule has 25 heavy (non-hydrogen) atoms. The highest BCUT2D eigenvalue weighted by Gasteiger charge is 2.25. The summed E-state index contributed by atoms with van der Waals surface area (Å²) < 4.78 is 10.7. The molecule has 7 nitrogen and oxygen atoms in total. The second-order valence-corrected chi connectivity index (χ2v) is 6.54. The van der Waals surface area contributed by atoms with Crippen molar-refractivity contribution in [2.24, 2.45) is 0 Å². The average molecular weight is 345 g/mol. The number of aromatic nitrogens is 1. The topological polar surface area (TPSA) is 93.5 Å². The first-order valence-corrected chi connectivity index (χ1v) is 7.99. The molecule has 1 aromatic carbocycles. The molecule has 2 amide bonds. The fraction of sp³-hybridized carbons (Fsp3) is 0.389. The quantitative estimate of drug-likeness (QED) is 0.869. The summed E-state index contributed by atoms with van der Waals surface area (Å²) in [6.45, 7) is 5.36. The van der Waals surface area contributed by atoms with Gasteiger partial charge in [-0.1, -0.05) is 30.3 Å². The van der Waals surface area contributed by atoms with E-state index in [1.807, 2.05) is 30.3 Å². The number of benzene rings is 1. The summed E-state index contributed by atoms with van der Waals surface area (Å²) in [5.41, 5.74) is 0.524. The van der Waals surface area contributed by atoms with Gasteiger partial charge in [0.1, 0.15) is 17.9 Å². The molecule has 0 saturated carbocycles. The number of alkyl carbamates (subject to hydrolysis) is 1. The van der Waals surface area contributed by atoms with Crippen LogP contribution in [0.1, 0.15) is 48.8 Å². The number of amides is 2. The van der Waals surface area contributed by atoms with Crippen LogP contribution in [0.25, 0.3) is 0 Å². The Labute approximate surface area is 146 Å². The van der Waals surface area contributed by atoms with Crippen molar-refractivity contribution < 1.29 is 18.7 Å². The van der Waals surface area contributed by atoms with Gasteiger partial charge in [0.2, 0.25) is 5.89 Å². The summed E-state index contributed by atoms with van der Waals surface area (Å²) in [6.07, 6.45) is 1.14. The third-order valence-electron chi connectivity index (χ3n) is 3.25. The Kier molecular flexibility index (Phi) is 5.80. The maximum atomic E-state index is 12.1. The maximum Gasteiger partial charge on any atom is 0.408 e. The van der Waals surface area contributed by atoms with Gasteiger partial charge in [-0.2, -0.15) is 0 Å². The van der Waals surface area contributed by atoms with Crippen molar-refractivity contribution >= 4 is 12.0 Å². The molecule has 1 heterocycles. The first kappa shape index (κ1) is 18.5. The van der Waals surface area contributed by atoms with Crippen LogP contribution in [0.5, 0.6) is 0 Å². The standard InChI is InChI=1S/C18H23N3O4/c1-18(2,3)25-17(23)21-13(10-12-8-6-5-7-9-12)16-20-14(11-24-16)15(22)19-4/h5-9,11,13H,10H2,1-4H3,(H,19,22)(H,21,23)/t13-/m0/s1. The molecule has 7 heteroatoms. The zero-order chi connectivity index (χ0) is 18.4. The Bertz CT molecular complexity index is 719. The largest absolute Gasteiger partial charge is 0.446 e. The molecular weight excluding hydrogens is 322 g/mol. The first-order valence-electron chi connectivity index (χ1n) is 7.99. The second-order valence-electron chi connectivity index (χ2n) is 6.54. The van der Waals surface area contributed by atoms with Crippen LogP contribution in [-0.2, 0) is 11.2 Å². The van der Waals surface area contributed by atoms with Gasteiger partial charge in [-0.15, -0.1) is 0 Å². The minimum Gasteiger partial charge on any atom is -0.446 e. The van der Waals surface area contributed by atoms with Crippen molar-refractivity contribution in [2.75, 3.05) is 7.05 Å². The highest BCUT2D eigenvalue weighted by molar-refractivity contribution is 5.91. The number of oxazole rings is 1. The highest BCUT2D eigenvalue weighted by atomic mass is 16.6. The molecule has 0 radical (unpaired) electrons. The van der Waals surface area contributed by atoms with Crippen LogP contribution in [0, 0.1) is 0 Å². The third-order valence-corrected chi connectivity index (χ3v) is 3.25. The second kappa shape index (κ2) is 7.83. The van der Waals surface area contributed by atoms with Crippen LogP contribution in [0.3, 0.4) is 0 Å². The van der Waals surface area contributed by atoms with Gasteiger partial charge in [0, 0.05) is 13.5 Å². The van der Waals surface area contributed by atoms with E-state index < -0.39 is 17.7 Å². The molecule has 0 aliphatic heterocycles. The van der Waals surface area contributed by atoms with Gasteiger partial charge in [-0.3, -0.25) is 4.79 Å². The van der Waals surface area contributed by atoms with E-state index in [2.05, 4.69) is 15.6 Å². The number of hydrogen-bond acceptors (Lipinski definition) is 5. The molecule has 2 rings (SSSR count). The van der Waals surface area contributed by atoms with Crippen molar-refractivity contribution in [3.05, 3.63) is 53.7 Å². The van der Waals surface area contributed by atoms with Crippen molar-refractivity contribution in [1.82, 2.24) is 15.6 Å². The first-order chi connectivity index (χ1) is 11.8. The molecular formula is C18H23N3O4. The number of ether oxygens (including phenoxy) is 1. The van der Waals surface area contributed by atoms with E-state index in [1.54, 1.807) is 20.8 Å². The summed E-state index contributed by atoms with van der Waals surface area (Å²) in [7, 11) is 1.51. The van der Waals surface area contributed by atoms with E-state index in [1.165, 1.54) is 13.3 Å². The number of hydrogen-bond donors (Lipinski definition) is 2. The number of nitrogens with one attached hydrogen (secondary N) is 2. The van der Waals surface area contributed by atoms with E-state index in [0.717, 1.165) is 5.56 Å². The Morgan fingerprint density at radius 1 is 1.24 bits per heavy atom. The number of carbonyl (C=O) groups is 2. The lowest BCUT2D eigenvalue weighted by Gasteiger charge is -2.22. The van der Waals surface area contributed by atoms with Crippen molar-refractivity contribution in [3.63, 3.8) is 0 Å². The molecule has 0 aliphatic rings. The molecule has 0 aliphatic carbocycles. The molecule has 0 bridgehead atoms. The van der Waals surface area contributed by atoms with Crippen LogP contribution < -0.4 is 10.6 Å². The van der Waals surface area contributed by atoms with Crippen molar-refractivity contribution in [3.8, 4) is 0 Å². The van der Waals surface area contributed by atoms with Gasteiger partial charge in [-0.25, -0.2) is 9.78 Å². The molecule has 0 unspecified atom stereocenters. The minimum absolute atomic E-state index is 0.154. The van der Waals surface area contributed by atoms with E-state index in [-0.39, 0.29) is 17.5 Å². The van der Waals surface area contributed by atoms with Gasteiger partial charge in [0.05, 0.1) is 0 Å². The van der Waals surface area contributed by atoms with Crippen molar-refractivity contribution in [1.29, 1.82) is 0 Å². The molecule has 2 N–H and O–H groups in total. The van der Waals surface area contributed by atoms with Gasteiger partial charge in [0.25, 0.3) is 5.91 Å². The summed E-state index contributed by atoms with van der Waals surface area (Å²) in [5.74, 6) is -0.112. The fourth-order valence-corrected chi connectivity index (χ4v) is 2.18. The minimum atomic E-state index is -0.620. The zero-order valence-electron chi connectivity index (χ0n) is 14.8. The van der Waals surface area contributed by atoms with Gasteiger partial charge in [-0.05, 0) is 26.3 Å². The average Bonchev–Trinajstić information content (AvgIpc) is 3.02. The smallest absolute Gasteiger partial charge is 0.408 e. The molecule has 0 spiro atoms. The van der Waals surface area contributed by atoms with Gasteiger partial charge in [0.15, 0.2) is 5.69 Å². The molecule has 0 fully saturated rings.